The number of sulfone groups is 1. The molecule has 8 heteroatoms. The van der Waals surface area contributed by atoms with Gasteiger partial charge in [0.2, 0.25) is 9.84 Å². The van der Waals surface area contributed by atoms with Gasteiger partial charge in [0, 0.05) is 5.02 Å². The number of ether oxygens (including phenoxy) is 1. The van der Waals surface area contributed by atoms with E-state index in [4.69, 9.17) is 21.6 Å². The summed E-state index contributed by atoms with van der Waals surface area (Å²) < 4.78 is 29.6. The van der Waals surface area contributed by atoms with Gasteiger partial charge in [0.1, 0.15) is 22.7 Å². The largest absolute Gasteiger partial charge is 0.465 e. The molecule has 1 aromatic rings. The lowest BCUT2D eigenvalue weighted by Crippen LogP contribution is -2.23. The van der Waals surface area contributed by atoms with E-state index in [1.165, 1.54) is 30.3 Å². The molecule has 0 saturated carbocycles. The smallest absolute Gasteiger partial charge is 0.320 e. The molecule has 0 amide bonds. The van der Waals surface area contributed by atoms with Gasteiger partial charge in [-0.25, -0.2) is 8.42 Å². The van der Waals surface area contributed by atoms with E-state index in [2.05, 4.69) is 0 Å². The van der Waals surface area contributed by atoms with Crippen molar-refractivity contribution in [2.45, 2.75) is 18.7 Å². The molecule has 0 heterocycles. The molecule has 1 rings (SSSR count). The molecule has 0 saturated heterocycles. The monoisotopic (exact) mass is 355 g/mol. The second-order valence-electron chi connectivity index (χ2n) is 4.44. The van der Waals surface area contributed by atoms with E-state index < -0.39 is 32.4 Å². The molecule has 0 fully saturated rings. The molecule has 0 aromatic heterocycles. The molecule has 0 unspecified atom stereocenters. The second-order valence-corrected chi connectivity index (χ2v) is 6.79. The molecule has 0 aliphatic rings. The Labute approximate surface area is 139 Å². The van der Waals surface area contributed by atoms with Crippen LogP contribution < -0.4 is 0 Å². The summed E-state index contributed by atoms with van der Waals surface area (Å²) in [6.45, 7) is 2.69. The summed E-state index contributed by atoms with van der Waals surface area (Å²) in [5.74, 6) is -2.98. The first-order valence-electron chi connectivity index (χ1n) is 6.53. The molecule has 0 radical (unpaired) electrons. The minimum Gasteiger partial charge on any atom is -0.465 e. The Bertz CT molecular complexity index is 775. The Balaban J connectivity index is 3.34. The van der Waals surface area contributed by atoms with Crippen LogP contribution in [0.3, 0.4) is 0 Å². The lowest BCUT2D eigenvalue weighted by Gasteiger charge is -2.09. The van der Waals surface area contributed by atoms with Crippen LogP contribution in [0.1, 0.15) is 13.8 Å². The van der Waals surface area contributed by atoms with Crippen molar-refractivity contribution in [3.63, 3.8) is 0 Å². The van der Waals surface area contributed by atoms with Gasteiger partial charge in [-0.3, -0.25) is 9.59 Å². The third kappa shape index (κ3) is 4.65. The van der Waals surface area contributed by atoms with E-state index in [1.54, 1.807) is 6.92 Å². The zero-order chi connectivity index (χ0) is 17.6. The minimum absolute atomic E-state index is 0.0300. The first-order chi connectivity index (χ1) is 10.7. The molecule has 0 aliphatic heterocycles. The van der Waals surface area contributed by atoms with Crippen LogP contribution >= 0.6 is 11.6 Å². The molecule has 0 spiro atoms. The summed E-state index contributed by atoms with van der Waals surface area (Å²) in [7, 11) is -4.16. The summed E-state index contributed by atoms with van der Waals surface area (Å²) in [4.78, 5) is 22.4. The highest BCUT2D eigenvalue weighted by molar-refractivity contribution is 7.95. The molecular formula is C15H14ClNO5S. The highest BCUT2D eigenvalue weighted by Crippen LogP contribution is 2.22. The maximum atomic E-state index is 12.4. The predicted molar refractivity (Wildman–Crippen MR) is 83.1 cm³/mol. The van der Waals surface area contributed by atoms with Crippen LogP contribution in [0.4, 0.5) is 0 Å². The first kappa shape index (κ1) is 18.9. The van der Waals surface area contributed by atoms with Crippen LogP contribution in [0.15, 0.2) is 40.1 Å². The molecule has 1 atom stereocenters. The van der Waals surface area contributed by atoms with Gasteiger partial charge in [-0.1, -0.05) is 11.6 Å². The average molecular weight is 356 g/mol. The number of nitrogens with zero attached hydrogens (tertiary/aromatic N) is 1. The number of allylic oxidation sites excluding steroid dienone is 1. The molecular weight excluding hydrogens is 342 g/mol. The number of rotatable bonds is 6. The van der Waals surface area contributed by atoms with E-state index in [9.17, 15) is 18.0 Å². The van der Waals surface area contributed by atoms with Gasteiger partial charge in [0.25, 0.3) is 0 Å². The van der Waals surface area contributed by atoms with E-state index in [-0.39, 0.29) is 11.5 Å². The fraction of sp³-hybridized carbons (Fsp3) is 0.267. The fourth-order valence-corrected chi connectivity index (χ4v) is 2.97. The maximum Gasteiger partial charge on any atom is 0.320 e. The van der Waals surface area contributed by atoms with E-state index in [1.807, 2.05) is 0 Å². The molecule has 0 bridgehead atoms. The Morgan fingerprint density at radius 3 is 2.35 bits per heavy atom. The van der Waals surface area contributed by atoms with Crippen LogP contribution in [0.5, 0.6) is 0 Å². The molecule has 1 aromatic carbocycles. The first-order valence-corrected chi connectivity index (χ1v) is 8.39. The number of esters is 1. The Morgan fingerprint density at radius 2 is 1.91 bits per heavy atom. The number of ketones is 1. The van der Waals surface area contributed by atoms with Gasteiger partial charge in [0.15, 0.2) is 0 Å². The minimum atomic E-state index is -4.16. The third-order valence-corrected chi connectivity index (χ3v) is 4.77. The molecule has 122 valence electrons. The van der Waals surface area contributed by atoms with Crippen molar-refractivity contribution >= 4 is 33.2 Å². The standard InChI is InChI=1S/C15H14ClNO5S/c1-3-22-15(19)14(10(2)18)8-13(9-17)23(20,21)12-6-4-11(16)5-7-12/h4-8,14H,3H2,1-2H3/b13-8-/t14-/m1/s1. The Morgan fingerprint density at radius 1 is 1.35 bits per heavy atom. The van der Waals surface area contributed by atoms with Crippen molar-refractivity contribution in [2.75, 3.05) is 6.61 Å². The molecule has 6 nitrogen and oxygen atoms in total. The Kier molecular flexibility index (Phi) is 6.49. The van der Waals surface area contributed by atoms with Gasteiger partial charge in [-0.15, -0.1) is 0 Å². The number of hydrogen-bond donors (Lipinski definition) is 0. The predicted octanol–water partition coefficient (Wildman–Crippen LogP) is 2.29. The summed E-state index contributed by atoms with van der Waals surface area (Å²) in [6.07, 6.45) is 0.810. The lowest BCUT2D eigenvalue weighted by atomic mass is 10.1. The Hall–Kier alpha value is -2.17. The van der Waals surface area contributed by atoms with E-state index in [0.29, 0.717) is 5.02 Å². The van der Waals surface area contributed by atoms with Crippen molar-refractivity contribution in [3.05, 3.63) is 40.3 Å². The topological polar surface area (TPSA) is 101 Å². The summed E-state index contributed by atoms with van der Waals surface area (Å²) in [5.41, 5.74) is 0. The fourth-order valence-electron chi connectivity index (χ4n) is 1.66. The van der Waals surface area contributed by atoms with Gasteiger partial charge in [-0.2, -0.15) is 5.26 Å². The molecule has 0 aliphatic carbocycles. The van der Waals surface area contributed by atoms with Crippen LogP contribution in [-0.2, 0) is 24.2 Å². The highest BCUT2D eigenvalue weighted by atomic mass is 35.5. The van der Waals surface area contributed by atoms with Gasteiger partial charge in [-0.05, 0) is 44.2 Å². The van der Waals surface area contributed by atoms with Crippen molar-refractivity contribution in [3.8, 4) is 6.07 Å². The highest BCUT2D eigenvalue weighted by Gasteiger charge is 2.28. The number of halogens is 1. The lowest BCUT2D eigenvalue weighted by molar-refractivity contribution is -0.149. The van der Waals surface area contributed by atoms with E-state index >= 15 is 0 Å². The number of hydrogen-bond acceptors (Lipinski definition) is 6. The maximum absolute atomic E-state index is 12.4. The van der Waals surface area contributed by atoms with Crippen molar-refractivity contribution < 1.29 is 22.7 Å². The molecule has 23 heavy (non-hydrogen) atoms. The average Bonchev–Trinajstić information content (AvgIpc) is 2.48. The van der Waals surface area contributed by atoms with Crippen LogP contribution in [0.2, 0.25) is 5.02 Å². The zero-order valence-corrected chi connectivity index (χ0v) is 14.0. The number of nitriles is 1. The molecule has 0 N–H and O–H groups in total. The SMILES string of the molecule is CCOC(=O)[C@H](/C=C(/C#N)S(=O)(=O)c1ccc(Cl)cc1)C(C)=O. The van der Waals surface area contributed by atoms with Crippen LogP contribution in [0, 0.1) is 17.2 Å². The normalized spacial score (nSPS) is 13.0. The number of Topliss-reactive ketones (excluding diaryl/α,β-unsaturated/α-hetero) is 1. The van der Waals surface area contributed by atoms with Crippen molar-refractivity contribution in [1.82, 2.24) is 0 Å². The number of carbonyl (C=O) groups excluding carboxylic acids is 2. The van der Waals surface area contributed by atoms with Crippen molar-refractivity contribution in [1.29, 1.82) is 5.26 Å². The zero-order valence-electron chi connectivity index (χ0n) is 12.4. The summed E-state index contributed by atoms with van der Waals surface area (Å²) in [6, 6.07) is 6.70. The van der Waals surface area contributed by atoms with Gasteiger partial charge < -0.3 is 4.74 Å². The van der Waals surface area contributed by atoms with Crippen molar-refractivity contribution in [2.24, 2.45) is 5.92 Å². The van der Waals surface area contributed by atoms with Crippen LogP contribution in [-0.4, -0.2) is 26.8 Å². The number of carbonyl (C=O) groups is 2. The van der Waals surface area contributed by atoms with E-state index in [0.717, 1.165) is 13.0 Å². The van der Waals surface area contributed by atoms with Gasteiger partial charge >= 0.3 is 5.97 Å². The summed E-state index contributed by atoms with van der Waals surface area (Å²) >= 11 is 5.70. The second kappa shape index (κ2) is 7.90. The summed E-state index contributed by atoms with van der Waals surface area (Å²) in [5, 5.41) is 9.47. The van der Waals surface area contributed by atoms with Gasteiger partial charge in [0.05, 0.1) is 11.5 Å². The third-order valence-electron chi connectivity index (χ3n) is 2.82. The van der Waals surface area contributed by atoms with Crippen LogP contribution in [0.25, 0.3) is 0 Å². The quantitative estimate of drug-likeness (QED) is 0.440. The number of benzene rings is 1.